The van der Waals surface area contributed by atoms with Crippen LogP contribution in [0.25, 0.3) is 0 Å². The van der Waals surface area contributed by atoms with Crippen LogP contribution < -0.4 is 11.5 Å². The summed E-state index contributed by atoms with van der Waals surface area (Å²) in [4.78, 5) is 32.5. The van der Waals surface area contributed by atoms with Crippen molar-refractivity contribution in [2.24, 2.45) is 11.5 Å². The highest BCUT2D eigenvalue weighted by Gasteiger charge is 2.41. The highest BCUT2D eigenvalue weighted by Crippen LogP contribution is 2.26. The molecule has 8 nitrogen and oxygen atoms in total. The maximum atomic E-state index is 11.2. The molecule has 0 aliphatic heterocycles. The summed E-state index contributed by atoms with van der Waals surface area (Å²) in [7, 11) is 1.91. The van der Waals surface area contributed by atoms with Crippen LogP contribution in [0.4, 0.5) is 0 Å². The summed E-state index contributed by atoms with van der Waals surface area (Å²) in [6.07, 6.45) is 0. The second-order valence-corrected chi connectivity index (χ2v) is 5.86. The number of carboxylic acid groups (broad SMARTS) is 2. The van der Waals surface area contributed by atoms with Crippen molar-refractivity contribution < 1.29 is 29.7 Å². The number of aliphatic hydroxyl groups is 1. The number of carbonyl (C=O) groups is 3. The van der Waals surface area contributed by atoms with E-state index in [2.05, 4.69) is 0 Å². The van der Waals surface area contributed by atoms with Gasteiger partial charge in [0.25, 0.3) is 0 Å². The van der Waals surface area contributed by atoms with Gasteiger partial charge in [-0.2, -0.15) is 0 Å². The number of aliphatic carboxylic acids is 2. The number of aliphatic hydroxyl groups excluding tert-OH is 1. The summed E-state index contributed by atoms with van der Waals surface area (Å²) in [5.74, 6) is -3.98. The van der Waals surface area contributed by atoms with Crippen LogP contribution in [0.3, 0.4) is 0 Å². The number of rotatable bonds is 9. The molecular formula is C8H14N2O6S2. The van der Waals surface area contributed by atoms with Crippen LogP contribution in [-0.4, -0.2) is 62.7 Å². The Labute approximate surface area is 110 Å². The van der Waals surface area contributed by atoms with Crippen molar-refractivity contribution in [2.45, 2.75) is 11.6 Å². The SMILES string of the molecule is NC(CSSCC(N)(C(=O)O)C(=O)CO)C(=O)O. The fourth-order valence-corrected chi connectivity index (χ4v) is 3.21. The molecule has 2 atom stereocenters. The van der Waals surface area contributed by atoms with E-state index >= 15 is 0 Å². The van der Waals surface area contributed by atoms with Gasteiger partial charge in [0.05, 0.1) is 0 Å². The largest absolute Gasteiger partial charge is 0.480 e. The first-order valence-corrected chi connectivity index (χ1v) is 7.13. The predicted octanol–water partition coefficient (Wildman–Crippen LogP) is -1.88. The lowest BCUT2D eigenvalue weighted by Gasteiger charge is -2.21. The standard InChI is InChI=1S/C8H14N2O6S2/c9-4(6(13)14)2-17-18-3-8(10,7(15)16)5(12)1-11/h4,11H,1-3,9-10H2,(H,13,14)(H,15,16). The third-order valence-corrected chi connectivity index (χ3v) is 4.45. The van der Waals surface area contributed by atoms with Crippen molar-refractivity contribution in [1.82, 2.24) is 0 Å². The minimum atomic E-state index is -2.18. The molecule has 0 aromatic heterocycles. The lowest BCUT2D eigenvalue weighted by Crippen LogP contribution is -2.58. The third kappa shape index (κ3) is 4.82. The Kier molecular flexibility index (Phi) is 7.25. The Morgan fingerprint density at radius 2 is 1.78 bits per heavy atom. The first-order valence-electron chi connectivity index (χ1n) is 4.65. The molecule has 0 aromatic carbocycles. The van der Waals surface area contributed by atoms with Gasteiger partial charge in [0.2, 0.25) is 0 Å². The van der Waals surface area contributed by atoms with E-state index in [1.807, 2.05) is 0 Å². The fraction of sp³-hybridized carbons (Fsp3) is 0.625. The Balaban J connectivity index is 4.27. The summed E-state index contributed by atoms with van der Waals surface area (Å²) >= 11 is 0. The average molecular weight is 298 g/mol. The Hall–Kier alpha value is -0.810. The second kappa shape index (κ2) is 7.59. The van der Waals surface area contributed by atoms with Gasteiger partial charge in [-0.3, -0.25) is 9.59 Å². The van der Waals surface area contributed by atoms with Crippen LogP contribution >= 0.6 is 21.6 Å². The normalized spacial score (nSPS) is 15.7. The molecule has 0 aliphatic rings. The smallest absolute Gasteiger partial charge is 0.332 e. The molecule has 0 saturated heterocycles. The molecule has 0 aliphatic carbocycles. The number of carbonyl (C=O) groups excluding carboxylic acids is 1. The molecule has 0 saturated carbocycles. The molecule has 0 heterocycles. The van der Waals surface area contributed by atoms with Gasteiger partial charge in [0.15, 0.2) is 11.3 Å². The first-order chi connectivity index (χ1) is 8.25. The molecule has 104 valence electrons. The number of ketones is 1. The Morgan fingerprint density at radius 1 is 1.22 bits per heavy atom. The van der Waals surface area contributed by atoms with Gasteiger partial charge < -0.3 is 26.8 Å². The summed E-state index contributed by atoms with van der Waals surface area (Å²) in [5, 5.41) is 26.0. The molecule has 0 amide bonds. The van der Waals surface area contributed by atoms with Gasteiger partial charge >= 0.3 is 11.9 Å². The third-order valence-electron chi connectivity index (χ3n) is 1.96. The molecule has 7 N–H and O–H groups in total. The van der Waals surface area contributed by atoms with E-state index in [4.69, 9.17) is 26.8 Å². The lowest BCUT2D eigenvalue weighted by molar-refractivity contribution is -0.148. The van der Waals surface area contributed by atoms with Gasteiger partial charge in [-0.25, -0.2) is 4.79 Å². The second-order valence-electron chi connectivity index (χ2n) is 3.35. The van der Waals surface area contributed by atoms with E-state index in [1.165, 1.54) is 0 Å². The zero-order valence-corrected chi connectivity index (χ0v) is 10.9. The highest BCUT2D eigenvalue weighted by atomic mass is 33.1. The molecule has 10 heteroatoms. The van der Waals surface area contributed by atoms with E-state index in [0.717, 1.165) is 21.6 Å². The van der Waals surface area contributed by atoms with Crippen molar-refractivity contribution >= 4 is 39.3 Å². The Bertz CT molecular complexity index is 340. The van der Waals surface area contributed by atoms with Crippen LogP contribution in [0.5, 0.6) is 0 Å². The summed E-state index contributed by atoms with van der Waals surface area (Å²) in [6, 6.07) is -1.08. The van der Waals surface area contributed by atoms with E-state index in [1.54, 1.807) is 0 Å². The van der Waals surface area contributed by atoms with Gasteiger partial charge in [0.1, 0.15) is 12.6 Å². The van der Waals surface area contributed by atoms with Gasteiger partial charge in [-0.15, -0.1) is 0 Å². The molecule has 0 rings (SSSR count). The predicted molar refractivity (Wildman–Crippen MR) is 67.2 cm³/mol. The minimum Gasteiger partial charge on any atom is -0.480 e. The molecule has 0 aromatic rings. The van der Waals surface area contributed by atoms with Crippen LogP contribution in [0.2, 0.25) is 0 Å². The van der Waals surface area contributed by atoms with E-state index < -0.39 is 35.9 Å². The van der Waals surface area contributed by atoms with Crippen LogP contribution in [0.1, 0.15) is 0 Å². The maximum Gasteiger partial charge on any atom is 0.332 e. The van der Waals surface area contributed by atoms with Gasteiger partial charge in [-0.1, -0.05) is 21.6 Å². The fourth-order valence-electron chi connectivity index (χ4n) is 0.730. The van der Waals surface area contributed by atoms with Crippen LogP contribution in [-0.2, 0) is 14.4 Å². The van der Waals surface area contributed by atoms with Crippen molar-refractivity contribution in [3.05, 3.63) is 0 Å². The van der Waals surface area contributed by atoms with Crippen LogP contribution in [0.15, 0.2) is 0 Å². The molecule has 2 unspecified atom stereocenters. The van der Waals surface area contributed by atoms with E-state index in [-0.39, 0.29) is 11.5 Å². The number of nitrogens with two attached hydrogens (primary N) is 2. The van der Waals surface area contributed by atoms with Crippen molar-refractivity contribution in [2.75, 3.05) is 18.1 Å². The maximum absolute atomic E-state index is 11.2. The van der Waals surface area contributed by atoms with Crippen molar-refractivity contribution in [1.29, 1.82) is 0 Å². The zero-order chi connectivity index (χ0) is 14.3. The summed E-state index contributed by atoms with van der Waals surface area (Å²) < 4.78 is 0. The monoisotopic (exact) mass is 298 g/mol. The van der Waals surface area contributed by atoms with E-state index in [0.29, 0.717) is 0 Å². The van der Waals surface area contributed by atoms with Gasteiger partial charge in [-0.05, 0) is 0 Å². The zero-order valence-electron chi connectivity index (χ0n) is 9.24. The summed E-state index contributed by atoms with van der Waals surface area (Å²) in [5.41, 5.74) is 8.42. The Morgan fingerprint density at radius 3 is 2.17 bits per heavy atom. The summed E-state index contributed by atoms with van der Waals surface area (Å²) in [6.45, 7) is -0.970. The van der Waals surface area contributed by atoms with Crippen molar-refractivity contribution in [3.8, 4) is 0 Å². The molecular weight excluding hydrogens is 284 g/mol. The average Bonchev–Trinajstić information content (AvgIpc) is 2.32. The van der Waals surface area contributed by atoms with Gasteiger partial charge in [0, 0.05) is 11.5 Å². The molecule has 18 heavy (non-hydrogen) atoms. The molecule has 0 radical (unpaired) electrons. The lowest BCUT2D eigenvalue weighted by atomic mass is 9.99. The number of hydrogen-bond donors (Lipinski definition) is 5. The number of Topliss-reactive ketones (excluding diaryl/α,β-unsaturated/α-hetero) is 1. The van der Waals surface area contributed by atoms with E-state index in [9.17, 15) is 14.4 Å². The first kappa shape index (κ1) is 17.2. The number of carboxylic acids is 2. The highest BCUT2D eigenvalue weighted by molar-refractivity contribution is 8.76. The number of hydrogen-bond acceptors (Lipinski definition) is 8. The molecule has 0 fully saturated rings. The molecule has 0 spiro atoms. The molecule has 0 bridgehead atoms. The topological polar surface area (TPSA) is 164 Å². The minimum absolute atomic E-state index is 0.0447. The van der Waals surface area contributed by atoms with Crippen LogP contribution in [0, 0.1) is 0 Å². The quantitative estimate of drug-likeness (QED) is 0.185. The van der Waals surface area contributed by atoms with Crippen molar-refractivity contribution in [3.63, 3.8) is 0 Å².